The molecule has 2 N–H and O–H groups in total. The summed E-state index contributed by atoms with van der Waals surface area (Å²) in [6.45, 7) is 0.356. The highest BCUT2D eigenvalue weighted by Gasteiger charge is 2.13. The summed E-state index contributed by atoms with van der Waals surface area (Å²) in [6.07, 6.45) is 1.64. The van der Waals surface area contributed by atoms with Crippen molar-refractivity contribution >= 4 is 11.6 Å². The summed E-state index contributed by atoms with van der Waals surface area (Å²) in [4.78, 5) is 13.6. The van der Waals surface area contributed by atoms with Gasteiger partial charge in [0.1, 0.15) is 6.54 Å². The van der Waals surface area contributed by atoms with Crippen molar-refractivity contribution < 1.29 is 4.79 Å². The van der Waals surface area contributed by atoms with Gasteiger partial charge in [0.25, 0.3) is 0 Å². The van der Waals surface area contributed by atoms with E-state index in [-0.39, 0.29) is 19.0 Å². The van der Waals surface area contributed by atoms with Crippen LogP contribution in [0.15, 0.2) is 30.5 Å². The van der Waals surface area contributed by atoms with Crippen LogP contribution >= 0.6 is 0 Å². The summed E-state index contributed by atoms with van der Waals surface area (Å²) < 4.78 is 1.44. The van der Waals surface area contributed by atoms with Crippen molar-refractivity contribution in [2.75, 3.05) is 11.9 Å². The molecule has 20 heavy (non-hydrogen) atoms. The van der Waals surface area contributed by atoms with E-state index in [1.54, 1.807) is 37.5 Å². The Kier molecular flexibility index (Phi) is 4.08. The number of amides is 1. The van der Waals surface area contributed by atoms with Gasteiger partial charge >= 0.3 is 0 Å². The number of carbonyl (C=O) groups excluding carboxylic acids is 1. The van der Waals surface area contributed by atoms with Crippen LogP contribution in [0, 0.1) is 11.3 Å². The molecule has 2 aromatic rings. The van der Waals surface area contributed by atoms with Crippen LogP contribution in [0.3, 0.4) is 0 Å². The average Bonchev–Trinajstić information content (AvgIpc) is 2.94. The first-order chi connectivity index (χ1) is 9.63. The normalized spacial score (nSPS) is 10.1. The van der Waals surface area contributed by atoms with Gasteiger partial charge in [0, 0.05) is 19.3 Å². The summed E-state index contributed by atoms with van der Waals surface area (Å²) in [7, 11) is 1.65. The van der Waals surface area contributed by atoms with Crippen LogP contribution in [-0.4, -0.2) is 27.9 Å². The van der Waals surface area contributed by atoms with E-state index in [1.165, 1.54) is 9.58 Å². The summed E-state index contributed by atoms with van der Waals surface area (Å²) in [5.74, 6) is -0.159. The topological polar surface area (TPSA) is 101 Å². The first-order valence-corrected chi connectivity index (χ1v) is 6.00. The quantitative estimate of drug-likeness (QED) is 0.859. The van der Waals surface area contributed by atoms with Gasteiger partial charge in [0.05, 0.1) is 23.5 Å². The van der Waals surface area contributed by atoms with E-state index in [9.17, 15) is 4.79 Å². The molecule has 7 heteroatoms. The van der Waals surface area contributed by atoms with E-state index in [2.05, 4.69) is 10.3 Å². The standard InChI is InChI=1S/C13H14N6O/c1-18(12-4-2-3-10(5-12)6-14)13(20)9-19-8-11(7-15)16-17-19/h2-5,8H,7,9,15H2,1H3. The molecule has 0 aliphatic carbocycles. The zero-order valence-corrected chi connectivity index (χ0v) is 11.0. The smallest absolute Gasteiger partial charge is 0.248 e. The van der Waals surface area contributed by atoms with Crippen LogP contribution in [0.1, 0.15) is 11.3 Å². The fraction of sp³-hybridized carbons (Fsp3) is 0.231. The first kappa shape index (κ1) is 13.7. The number of nitriles is 1. The van der Waals surface area contributed by atoms with Gasteiger partial charge in [-0.25, -0.2) is 4.68 Å². The van der Waals surface area contributed by atoms with Gasteiger partial charge in [0.15, 0.2) is 0 Å². The number of anilines is 1. The van der Waals surface area contributed by atoms with Crippen molar-refractivity contribution in [1.82, 2.24) is 15.0 Å². The van der Waals surface area contributed by atoms with Crippen LogP contribution in [0.25, 0.3) is 0 Å². The highest BCUT2D eigenvalue weighted by atomic mass is 16.2. The summed E-state index contributed by atoms with van der Waals surface area (Å²) >= 11 is 0. The lowest BCUT2D eigenvalue weighted by atomic mass is 10.2. The average molecular weight is 270 g/mol. The molecule has 0 spiro atoms. The molecule has 1 aromatic heterocycles. The van der Waals surface area contributed by atoms with Crippen LogP contribution < -0.4 is 10.6 Å². The molecule has 7 nitrogen and oxygen atoms in total. The molecule has 0 aliphatic heterocycles. The van der Waals surface area contributed by atoms with E-state index in [0.717, 1.165) is 0 Å². The van der Waals surface area contributed by atoms with Crippen LogP contribution in [0.2, 0.25) is 0 Å². The summed E-state index contributed by atoms with van der Waals surface area (Å²) in [5, 5.41) is 16.5. The molecule has 0 saturated heterocycles. The van der Waals surface area contributed by atoms with Gasteiger partial charge in [-0.05, 0) is 18.2 Å². The molecular weight excluding hydrogens is 256 g/mol. The fourth-order valence-electron chi connectivity index (χ4n) is 1.68. The number of carbonyl (C=O) groups is 1. The van der Waals surface area contributed by atoms with Gasteiger partial charge in [-0.3, -0.25) is 4.79 Å². The SMILES string of the molecule is CN(C(=O)Cn1cc(CN)nn1)c1cccc(C#N)c1. The number of benzene rings is 1. The molecule has 0 radical (unpaired) electrons. The van der Waals surface area contributed by atoms with E-state index < -0.39 is 0 Å². The maximum Gasteiger partial charge on any atom is 0.248 e. The number of likely N-dealkylation sites (N-methyl/N-ethyl adjacent to an activating group) is 1. The number of rotatable bonds is 4. The maximum absolute atomic E-state index is 12.1. The monoisotopic (exact) mass is 270 g/mol. The van der Waals surface area contributed by atoms with Crippen molar-refractivity contribution in [2.45, 2.75) is 13.1 Å². The van der Waals surface area contributed by atoms with E-state index in [1.807, 2.05) is 6.07 Å². The number of hydrogen-bond acceptors (Lipinski definition) is 5. The molecule has 2 rings (SSSR count). The molecule has 102 valence electrons. The third-order valence-electron chi connectivity index (χ3n) is 2.83. The lowest BCUT2D eigenvalue weighted by Gasteiger charge is -2.17. The van der Waals surface area contributed by atoms with Gasteiger partial charge in [-0.1, -0.05) is 11.3 Å². The minimum absolute atomic E-state index is 0.0697. The Bertz CT molecular complexity index is 657. The van der Waals surface area contributed by atoms with Crippen molar-refractivity contribution in [3.8, 4) is 6.07 Å². The number of aromatic nitrogens is 3. The highest BCUT2D eigenvalue weighted by Crippen LogP contribution is 2.14. The second-order valence-corrected chi connectivity index (χ2v) is 4.23. The van der Waals surface area contributed by atoms with Gasteiger partial charge in [-0.15, -0.1) is 5.10 Å². The zero-order chi connectivity index (χ0) is 14.5. The Morgan fingerprint density at radius 1 is 1.55 bits per heavy atom. The third kappa shape index (κ3) is 2.99. The number of nitrogens with two attached hydrogens (primary N) is 1. The van der Waals surface area contributed by atoms with E-state index in [4.69, 9.17) is 11.0 Å². The third-order valence-corrected chi connectivity index (χ3v) is 2.83. The Balaban J connectivity index is 2.10. The highest BCUT2D eigenvalue weighted by molar-refractivity contribution is 5.92. The van der Waals surface area contributed by atoms with Crippen LogP contribution in [0.5, 0.6) is 0 Å². The summed E-state index contributed by atoms with van der Waals surface area (Å²) in [5.41, 5.74) is 7.23. The van der Waals surface area contributed by atoms with Crippen molar-refractivity contribution in [3.63, 3.8) is 0 Å². The minimum Gasteiger partial charge on any atom is -0.325 e. The molecule has 0 aliphatic rings. The second-order valence-electron chi connectivity index (χ2n) is 4.23. The second kappa shape index (κ2) is 5.95. The number of hydrogen-bond donors (Lipinski definition) is 1. The number of nitrogens with zero attached hydrogens (tertiary/aromatic N) is 5. The minimum atomic E-state index is -0.159. The maximum atomic E-state index is 12.1. The van der Waals surface area contributed by atoms with Gasteiger partial charge < -0.3 is 10.6 Å². The molecule has 0 unspecified atom stereocenters. The zero-order valence-electron chi connectivity index (χ0n) is 11.0. The molecule has 0 saturated carbocycles. The first-order valence-electron chi connectivity index (χ1n) is 6.00. The van der Waals surface area contributed by atoms with Crippen LogP contribution in [0.4, 0.5) is 5.69 Å². The predicted molar refractivity (Wildman–Crippen MR) is 72.5 cm³/mol. The molecule has 1 heterocycles. The lowest BCUT2D eigenvalue weighted by molar-refractivity contribution is -0.119. The summed E-state index contributed by atoms with van der Waals surface area (Å²) in [6, 6.07) is 8.89. The van der Waals surface area contributed by atoms with Crippen LogP contribution in [-0.2, 0) is 17.9 Å². The Hall–Kier alpha value is -2.72. The fourth-order valence-corrected chi connectivity index (χ4v) is 1.68. The largest absolute Gasteiger partial charge is 0.325 e. The predicted octanol–water partition coefficient (Wildman–Crippen LogP) is 0.271. The van der Waals surface area contributed by atoms with E-state index >= 15 is 0 Å². The molecule has 0 bridgehead atoms. The van der Waals surface area contributed by atoms with Crippen molar-refractivity contribution in [1.29, 1.82) is 5.26 Å². The van der Waals surface area contributed by atoms with Gasteiger partial charge in [-0.2, -0.15) is 5.26 Å². The molecule has 0 atom stereocenters. The molecule has 1 amide bonds. The Morgan fingerprint density at radius 2 is 2.35 bits per heavy atom. The molecule has 0 fully saturated rings. The van der Waals surface area contributed by atoms with Gasteiger partial charge in [0.2, 0.25) is 5.91 Å². The van der Waals surface area contributed by atoms with Crippen molar-refractivity contribution in [2.24, 2.45) is 5.73 Å². The molecular formula is C13H14N6O. The Morgan fingerprint density at radius 3 is 3.00 bits per heavy atom. The lowest BCUT2D eigenvalue weighted by Crippen LogP contribution is -2.30. The Labute approximate surface area is 116 Å². The van der Waals surface area contributed by atoms with Crippen molar-refractivity contribution in [3.05, 3.63) is 41.7 Å². The van der Waals surface area contributed by atoms with E-state index in [0.29, 0.717) is 16.9 Å². The molecule has 1 aromatic carbocycles.